The van der Waals surface area contributed by atoms with Gasteiger partial charge in [-0.15, -0.1) is 0 Å². The van der Waals surface area contributed by atoms with E-state index < -0.39 is 0 Å². The first kappa shape index (κ1) is 16.1. The molecule has 2 N–H and O–H groups in total. The summed E-state index contributed by atoms with van der Waals surface area (Å²) in [4.78, 5) is 25.1. The largest absolute Gasteiger partial charge is 0.497 e. The molecule has 1 aliphatic heterocycles. The molecule has 0 aliphatic carbocycles. The lowest BCUT2D eigenvalue weighted by Crippen LogP contribution is -2.31. The van der Waals surface area contributed by atoms with Crippen molar-refractivity contribution in [1.29, 1.82) is 0 Å². The Labute approximate surface area is 130 Å². The van der Waals surface area contributed by atoms with Gasteiger partial charge in [0.25, 0.3) is 0 Å². The van der Waals surface area contributed by atoms with Gasteiger partial charge in [-0.3, -0.25) is 9.59 Å². The smallest absolute Gasteiger partial charge is 0.222 e. The van der Waals surface area contributed by atoms with Crippen molar-refractivity contribution < 1.29 is 19.1 Å². The predicted octanol–water partition coefficient (Wildman–Crippen LogP) is 0.970. The first-order chi connectivity index (χ1) is 10.5. The summed E-state index contributed by atoms with van der Waals surface area (Å²) < 4.78 is 10.4. The zero-order chi connectivity index (χ0) is 16.1. The number of likely N-dealkylation sites (tertiary alicyclic amines) is 1. The maximum atomic E-state index is 12.2. The fourth-order valence-electron chi connectivity index (χ4n) is 2.64. The molecule has 0 aromatic heterocycles. The van der Waals surface area contributed by atoms with E-state index in [1.54, 1.807) is 25.2 Å². The van der Waals surface area contributed by atoms with Crippen LogP contribution in [-0.2, 0) is 16.0 Å². The molecule has 0 bridgehead atoms. The number of rotatable bonds is 6. The molecule has 0 saturated carbocycles. The quantitative estimate of drug-likeness (QED) is 0.849. The van der Waals surface area contributed by atoms with Crippen LogP contribution in [0.4, 0.5) is 0 Å². The third kappa shape index (κ3) is 3.90. The average Bonchev–Trinajstić information content (AvgIpc) is 3.02. The third-order valence-electron chi connectivity index (χ3n) is 3.98. The zero-order valence-electron chi connectivity index (χ0n) is 13.0. The van der Waals surface area contributed by atoms with Crippen molar-refractivity contribution >= 4 is 11.8 Å². The fraction of sp³-hybridized carbons (Fsp3) is 0.500. The first-order valence-corrected chi connectivity index (χ1v) is 7.32. The molecule has 0 radical (unpaired) electrons. The number of nitrogens with two attached hydrogens (primary N) is 1. The molecule has 120 valence electrons. The zero-order valence-corrected chi connectivity index (χ0v) is 13.0. The van der Waals surface area contributed by atoms with Gasteiger partial charge in [-0.05, 0) is 30.5 Å². The van der Waals surface area contributed by atoms with Crippen molar-refractivity contribution in [3.63, 3.8) is 0 Å². The number of hydrogen-bond donors (Lipinski definition) is 1. The van der Waals surface area contributed by atoms with Crippen LogP contribution in [0.1, 0.15) is 18.4 Å². The number of ether oxygens (including phenoxy) is 2. The first-order valence-electron chi connectivity index (χ1n) is 7.32. The molecule has 1 aromatic carbocycles. The van der Waals surface area contributed by atoms with E-state index in [0.717, 1.165) is 5.56 Å². The summed E-state index contributed by atoms with van der Waals surface area (Å²) in [5.41, 5.74) is 6.27. The van der Waals surface area contributed by atoms with Crippen molar-refractivity contribution in [3.05, 3.63) is 23.8 Å². The minimum atomic E-state index is -0.326. The van der Waals surface area contributed by atoms with Crippen LogP contribution in [0.25, 0.3) is 0 Å². The molecular formula is C16H22N2O4. The van der Waals surface area contributed by atoms with Gasteiger partial charge in [-0.25, -0.2) is 0 Å². The van der Waals surface area contributed by atoms with E-state index in [9.17, 15) is 9.59 Å². The van der Waals surface area contributed by atoms with Crippen molar-refractivity contribution in [1.82, 2.24) is 4.90 Å². The summed E-state index contributed by atoms with van der Waals surface area (Å²) in [6.07, 6.45) is 1.65. The molecular weight excluding hydrogens is 284 g/mol. The molecule has 6 heteroatoms. The van der Waals surface area contributed by atoms with Gasteiger partial charge in [0.2, 0.25) is 11.8 Å². The number of benzene rings is 1. The Morgan fingerprint density at radius 1 is 1.23 bits per heavy atom. The normalized spacial score (nSPS) is 17.4. The molecule has 1 fully saturated rings. The Balaban J connectivity index is 1.93. The molecule has 1 atom stereocenters. The van der Waals surface area contributed by atoms with Crippen LogP contribution >= 0.6 is 0 Å². The Kier molecular flexibility index (Phi) is 5.25. The Morgan fingerprint density at radius 3 is 2.36 bits per heavy atom. The van der Waals surface area contributed by atoms with Gasteiger partial charge in [0.15, 0.2) is 0 Å². The lowest BCUT2D eigenvalue weighted by molar-refractivity contribution is -0.130. The highest BCUT2D eigenvalue weighted by Gasteiger charge is 2.29. The number of nitrogens with zero attached hydrogens (tertiary/aromatic N) is 1. The number of aryl methyl sites for hydroxylation is 1. The highest BCUT2D eigenvalue weighted by atomic mass is 16.5. The van der Waals surface area contributed by atoms with Crippen LogP contribution in [0.3, 0.4) is 0 Å². The highest BCUT2D eigenvalue weighted by molar-refractivity contribution is 5.81. The van der Waals surface area contributed by atoms with Gasteiger partial charge in [0, 0.05) is 25.6 Å². The topological polar surface area (TPSA) is 81.9 Å². The van der Waals surface area contributed by atoms with Gasteiger partial charge < -0.3 is 20.1 Å². The Hall–Kier alpha value is -2.24. The van der Waals surface area contributed by atoms with E-state index in [-0.39, 0.29) is 17.7 Å². The van der Waals surface area contributed by atoms with E-state index in [1.807, 2.05) is 12.1 Å². The SMILES string of the molecule is COc1cc(CCC(=O)N2CC[C@@H](C(N)=O)C2)cc(OC)c1. The molecule has 2 amide bonds. The third-order valence-corrected chi connectivity index (χ3v) is 3.98. The predicted molar refractivity (Wildman–Crippen MR) is 81.7 cm³/mol. The van der Waals surface area contributed by atoms with Gasteiger partial charge in [-0.1, -0.05) is 0 Å². The van der Waals surface area contributed by atoms with Crippen molar-refractivity contribution in [2.75, 3.05) is 27.3 Å². The molecule has 1 saturated heterocycles. The summed E-state index contributed by atoms with van der Waals surface area (Å²) in [5, 5.41) is 0. The van der Waals surface area contributed by atoms with Gasteiger partial charge in [0.05, 0.1) is 20.1 Å². The minimum absolute atomic E-state index is 0.0468. The number of hydrogen-bond acceptors (Lipinski definition) is 4. The van der Waals surface area contributed by atoms with Crippen molar-refractivity contribution in [2.45, 2.75) is 19.3 Å². The molecule has 1 aromatic rings. The number of primary amides is 1. The summed E-state index contributed by atoms with van der Waals surface area (Å²) in [5.74, 6) is 0.924. The second kappa shape index (κ2) is 7.15. The van der Waals surface area contributed by atoms with Crippen LogP contribution in [-0.4, -0.2) is 44.0 Å². The molecule has 6 nitrogen and oxygen atoms in total. The summed E-state index contributed by atoms with van der Waals surface area (Å²) in [6.45, 7) is 1.05. The Morgan fingerprint density at radius 2 is 1.86 bits per heavy atom. The van der Waals surface area contributed by atoms with Gasteiger partial charge >= 0.3 is 0 Å². The Bertz CT molecular complexity index is 537. The standard InChI is InChI=1S/C16H22N2O4/c1-21-13-7-11(8-14(9-13)22-2)3-4-15(19)18-6-5-12(10-18)16(17)20/h7-9,12H,3-6,10H2,1-2H3,(H2,17,20)/t12-/m1/s1. The lowest BCUT2D eigenvalue weighted by Gasteiger charge is -2.16. The molecule has 1 aliphatic rings. The summed E-state index contributed by atoms with van der Waals surface area (Å²) in [6, 6.07) is 5.58. The van der Waals surface area contributed by atoms with Crippen LogP contribution in [0.15, 0.2) is 18.2 Å². The molecule has 0 spiro atoms. The molecule has 1 heterocycles. The van der Waals surface area contributed by atoms with E-state index in [1.165, 1.54) is 0 Å². The van der Waals surface area contributed by atoms with Gasteiger partial charge in [0.1, 0.15) is 11.5 Å². The maximum Gasteiger partial charge on any atom is 0.222 e. The van der Waals surface area contributed by atoms with Gasteiger partial charge in [-0.2, -0.15) is 0 Å². The summed E-state index contributed by atoms with van der Waals surface area (Å²) in [7, 11) is 3.19. The second-order valence-electron chi connectivity index (χ2n) is 5.45. The molecule has 0 unspecified atom stereocenters. The number of amides is 2. The second-order valence-corrected chi connectivity index (χ2v) is 5.45. The highest BCUT2D eigenvalue weighted by Crippen LogP contribution is 2.24. The van der Waals surface area contributed by atoms with Crippen LogP contribution in [0, 0.1) is 5.92 Å². The molecule has 2 rings (SSSR count). The monoisotopic (exact) mass is 306 g/mol. The minimum Gasteiger partial charge on any atom is -0.497 e. The van der Waals surface area contributed by atoms with Crippen molar-refractivity contribution in [3.8, 4) is 11.5 Å². The number of methoxy groups -OCH3 is 2. The van der Waals surface area contributed by atoms with E-state index in [0.29, 0.717) is 43.9 Å². The fourth-order valence-corrected chi connectivity index (χ4v) is 2.64. The molecule has 22 heavy (non-hydrogen) atoms. The van der Waals surface area contributed by atoms with E-state index >= 15 is 0 Å². The maximum absolute atomic E-state index is 12.2. The van der Waals surface area contributed by atoms with E-state index in [2.05, 4.69) is 0 Å². The number of carbonyl (C=O) groups excluding carboxylic acids is 2. The van der Waals surface area contributed by atoms with E-state index in [4.69, 9.17) is 15.2 Å². The summed E-state index contributed by atoms with van der Waals surface area (Å²) >= 11 is 0. The van der Waals surface area contributed by atoms with Crippen LogP contribution < -0.4 is 15.2 Å². The number of carbonyl (C=O) groups is 2. The average molecular weight is 306 g/mol. The van der Waals surface area contributed by atoms with Crippen molar-refractivity contribution in [2.24, 2.45) is 11.7 Å². The lowest BCUT2D eigenvalue weighted by atomic mass is 10.1. The van der Waals surface area contributed by atoms with Crippen LogP contribution in [0.2, 0.25) is 0 Å². The van der Waals surface area contributed by atoms with Crippen LogP contribution in [0.5, 0.6) is 11.5 Å².